The van der Waals surface area contributed by atoms with Crippen molar-refractivity contribution in [3.05, 3.63) is 54.5 Å². The monoisotopic (exact) mass is 391 g/mol. The summed E-state index contributed by atoms with van der Waals surface area (Å²) < 4.78 is 27.0. The Morgan fingerprint density at radius 2 is 2.11 bits per heavy atom. The van der Waals surface area contributed by atoms with Crippen LogP contribution in [-0.2, 0) is 21.2 Å². The van der Waals surface area contributed by atoms with Crippen LogP contribution in [0.5, 0.6) is 0 Å². The van der Waals surface area contributed by atoms with Crippen LogP contribution in [0.2, 0.25) is 0 Å². The third-order valence-corrected chi connectivity index (χ3v) is 7.38. The van der Waals surface area contributed by atoms with Gasteiger partial charge in [0.25, 0.3) is 0 Å². The standard InChI is InChI=1S/C18H25N5O3S/c1-4-6-15(5-2)27(25,26)23-9-7-18(8-10-23)21-17(24)16(22(18)3)11-14-12-19-13-20-14/h4-6,12-13,16H,1-2,7-11H2,3H3,(H,19,20)(H,21,24). The number of imidazole rings is 1. The summed E-state index contributed by atoms with van der Waals surface area (Å²) in [6, 6.07) is -0.307. The Balaban J connectivity index is 1.73. The van der Waals surface area contributed by atoms with Gasteiger partial charge in [-0.2, -0.15) is 4.31 Å². The molecule has 0 saturated carbocycles. The lowest BCUT2D eigenvalue weighted by atomic mass is 9.97. The summed E-state index contributed by atoms with van der Waals surface area (Å²) in [7, 11) is -1.69. The summed E-state index contributed by atoms with van der Waals surface area (Å²) in [5.74, 6) is -0.0401. The molecule has 1 atom stereocenters. The Labute approximate surface area is 159 Å². The Morgan fingerprint density at radius 1 is 1.41 bits per heavy atom. The number of hydrogen-bond acceptors (Lipinski definition) is 5. The van der Waals surface area contributed by atoms with Gasteiger partial charge in [0, 0.05) is 31.4 Å². The van der Waals surface area contributed by atoms with Gasteiger partial charge in [-0.1, -0.05) is 19.2 Å². The number of piperidine rings is 1. The number of rotatable bonds is 6. The number of hydrogen-bond donors (Lipinski definition) is 2. The minimum atomic E-state index is -3.61. The molecule has 2 saturated heterocycles. The van der Waals surface area contributed by atoms with Crippen LogP contribution in [0.3, 0.4) is 0 Å². The number of aromatic nitrogens is 2. The molecule has 0 aromatic carbocycles. The van der Waals surface area contributed by atoms with Crippen LogP contribution in [-0.4, -0.2) is 65.3 Å². The number of carbonyl (C=O) groups is 1. The molecule has 9 heteroatoms. The normalized spacial score (nSPS) is 24.1. The number of aromatic amines is 1. The van der Waals surface area contributed by atoms with Crippen molar-refractivity contribution >= 4 is 15.9 Å². The van der Waals surface area contributed by atoms with Crippen LogP contribution in [0, 0.1) is 0 Å². The van der Waals surface area contributed by atoms with Gasteiger partial charge in [0.15, 0.2) is 0 Å². The van der Waals surface area contributed by atoms with Crippen molar-refractivity contribution in [2.45, 2.75) is 31.0 Å². The summed E-state index contributed by atoms with van der Waals surface area (Å²) in [6.45, 7) is 7.79. The molecule has 1 amide bonds. The van der Waals surface area contributed by atoms with E-state index in [0.717, 1.165) is 5.69 Å². The summed E-state index contributed by atoms with van der Waals surface area (Å²) in [5.41, 5.74) is 0.369. The number of nitrogens with zero attached hydrogens (tertiary/aromatic N) is 3. The molecule has 146 valence electrons. The first kappa shape index (κ1) is 19.5. The Bertz CT molecular complexity index is 852. The number of H-pyrrole nitrogens is 1. The van der Waals surface area contributed by atoms with Crippen molar-refractivity contribution in [2.24, 2.45) is 0 Å². The number of nitrogens with one attached hydrogen (secondary N) is 2. The third-order valence-electron chi connectivity index (χ3n) is 5.44. The fourth-order valence-electron chi connectivity index (χ4n) is 3.81. The van der Waals surface area contributed by atoms with Gasteiger partial charge in [-0.15, -0.1) is 0 Å². The highest BCUT2D eigenvalue weighted by Crippen LogP contribution is 2.34. The molecule has 2 fully saturated rings. The van der Waals surface area contributed by atoms with E-state index in [9.17, 15) is 13.2 Å². The van der Waals surface area contributed by atoms with Gasteiger partial charge in [-0.3, -0.25) is 9.69 Å². The lowest BCUT2D eigenvalue weighted by Gasteiger charge is -2.43. The van der Waals surface area contributed by atoms with Crippen molar-refractivity contribution in [1.29, 1.82) is 0 Å². The molecule has 1 aromatic heterocycles. The minimum absolute atomic E-state index is 0.0401. The third kappa shape index (κ3) is 3.50. The predicted octanol–water partition coefficient (Wildman–Crippen LogP) is 0.760. The maximum absolute atomic E-state index is 12.8. The van der Waals surface area contributed by atoms with E-state index in [0.29, 0.717) is 32.4 Å². The maximum atomic E-state index is 12.8. The molecule has 2 N–H and O–H groups in total. The molecular formula is C18H25N5O3S. The van der Waals surface area contributed by atoms with Gasteiger partial charge in [0.1, 0.15) is 0 Å². The van der Waals surface area contributed by atoms with E-state index < -0.39 is 15.7 Å². The van der Waals surface area contributed by atoms with Crippen LogP contribution in [0.1, 0.15) is 18.5 Å². The van der Waals surface area contributed by atoms with Crippen LogP contribution in [0.4, 0.5) is 0 Å². The quantitative estimate of drug-likeness (QED) is 0.698. The molecule has 0 bridgehead atoms. The smallest absolute Gasteiger partial charge is 0.243 e. The van der Waals surface area contributed by atoms with Gasteiger partial charge in [-0.25, -0.2) is 13.4 Å². The molecule has 0 radical (unpaired) electrons. The molecule has 27 heavy (non-hydrogen) atoms. The van der Waals surface area contributed by atoms with Crippen LogP contribution in [0.25, 0.3) is 0 Å². The van der Waals surface area contributed by atoms with Gasteiger partial charge in [0.2, 0.25) is 15.9 Å². The maximum Gasteiger partial charge on any atom is 0.243 e. The number of likely N-dealkylation sites (N-methyl/N-ethyl adjacent to an activating group) is 1. The van der Waals surface area contributed by atoms with Crippen molar-refractivity contribution in [3.63, 3.8) is 0 Å². The van der Waals surface area contributed by atoms with Gasteiger partial charge < -0.3 is 10.3 Å². The fraction of sp³-hybridized carbons (Fsp3) is 0.444. The van der Waals surface area contributed by atoms with Crippen molar-refractivity contribution in [1.82, 2.24) is 24.5 Å². The van der Waals surface area contributed by atoms with E-state index in [-0.39, 0.29) is 16.9 Å². The molecule has 0 aliphatic carbocycles. The highest BCUT2D eigenvalue weighted by Gasteiger charge is 2.51. The van der Waals surface area contributed by atoms with Crippen LogP contribution >= 0.6 is 0 Å². The first-order valence-corrected chi connectivity index (χ1v) is 10.3. The Hall–Kier alpha value is -2.23. The number of allylic oxidation sites excluding steroid dienone is 3. The Morgan fingerprint density at radius 3 is 2.67 bits per heavy atom. The second-order valence-corrected chi connectivity index (χ2v) is 8.78. The molecule has 1 unspecified atom stereocenters. The number of amides is 1. The second kappa shape index (κ2) is 7.41. The van der Waals surface area contributed by atoms with Crippen LogP contribution < -0.4 is 5.32 Å². The first-order chi connectivity index (χ1) is 12.8. The molecule has 2 aliphatic heterocycles. The molecule has 1 aromatic rings. The van der Waals surface area contributed by atoms with Gasteiger partial charge in [-0.05, 0) is 32.0 Å². The molecule has 8 nitrogen and oxygen atoms in total. The molecule has 2 aliphatic rings. The first-order valence-electron chi connectivity index (χ1n) is 8.81. The molecule has 1 spiro atoms. The lowest BCUT2D eigenvalue weighted by Crippen LogP contribution is -2.58. The Kier molecular flexibility index (Phi) is 5.36. The minimum Gasteiger partial charge on any atom is -0.348 e. The summed E-state index contributed by atoms with van der Waals surface area (Å²) in [5, 5.41) is 3.10. The highest BCUT2D eigenvalue weighted by molar-refractivity contribution is 7.93. The SMILES string of the molecule is C=CC=C(C=C)S(=O)(=O)N1CCC2(CC1)NC(=O)C(Cc1cnc[nH]1)N2C. The average Bonchev–Trinajstić information content (AvgIpc) is 3.23. The number of carbonyl (C=O) groups excluding carboxylic acids is 1. The van der Waals surface area contributed by atoms with Crippen LogP contribution in [0.15, 0.2) is 48.8 Å². The lowest BCUT2D eigenvalue weighted by molar-refractivity contribution is -0.121. The van der Waals surface area contributed by atoms with E-state index in [1.54, 1.807) is 12.5 Å². The van der Waals surface area contributed by atoms with E-state index in [1.807, 2.05) is 11.9 Å². The van der Waals surface area contributed by atoms with E-state index >= 15 is 0 Å². The fourth-order valence-corrected chi connectivity index (χ4v) is 5.25. The molecule has 3 heterocycles. The van der Waals surface area contributed by atoms with Crippen molar-refractivity contribution in [2.75, 3.05) is 20.1 Å². The van der Waals surface area contributed by atoms with E-state index in [1.165, 1.54) is 22.5 Å². The zero-order valence-electron chi connectivity index (χ0n) is 15.4. The molecule has 3 rings (SSSR count). The predicted molar refractivity (Wildman–Crippen MR) is 103 cm³/mol. The summed E-state index contributed by atoms with van der Waals surface area (Å²) in [6.07, 6.45) is 9.08. The topological polar surface area (TPSA) is 98.4 Å². The van der Waals surface area contributed by atoms with Crippen molar-refractivity contribution < 1.29 is 13.2 Å². The zero-order chi connectivity index (χ0) is 19.7. The van der Waals surface area contributed by atoms with E-state index in [2.05, 4.69) is 28.4 Å². The van der Waals surface area contributed by atoms with Gasteiger partial charge in [0.05, 0.1) is 22.9 Å². The zero-order valence-corrected chi connectivity index (χ0v) is 16.2. The molecular weight excluding hydrogens is 366 g/mol. The second-order valence-electron chi connectivity index (χ2n) is 6.84. The highest BCUT2D eigenvalue weighted by atomic mass is 32.2. The number of sulfonamides is 1. The average molecular weight is 391 g/mol. The summed E-state index contributed by atoms with van der Waals surface area (Å²) >= 11 is 0. The summed E-state index contributed by atoms with van der Waals surface area (Å²) in [4.78, 5) is 21.7. The van der Waals surface area contributed by atoms with Crippen molar-refractivity contribution in [3.8, 4) is 0 Å². The van der Waals surface area contributed by atoms with Gasteiger partial charge >= 0.3 is 0 Å². The largest absolute Gasteiger partial charge is 0.348 e. The van der Waals surface area contributed by atoms with E-state index in [4.69, 9.17) is 0 Å².